The van der Waals surface area contributed by atoms with E-state index < -0.39 is 35.6 Å². The molecule has 216 valence electrons. The van der Waals surface area contributed by atoms with Gasteiger partial charge < -0.3 is 14.2 Å². The van der Waals surface area contributed by atoms with Crippen molar-refractivity contribution in [2.45, 2.75) is 66.2 Å². The number of carbonyl (C=O) groups is 6. The molecule has 10 heteroatoms. The first-order valence-electron chi connectivity index (χ1n) is 12.8. The number of nitrogens with zero attached hydrogens (tertiary/aromatic N) is 1. The average molecular weight is 548 g/mol. The molecule has 0 rings (SSSR count). The van der Waals surface area contributed by atoms with Crippen LogP contribution < -0.4 is 0 Å². The van der Waals surface area contributed by atoms with Crippen molar-refractivity contribution in [1.82, 2.24) is 4.90 Å². The molecule has 0 fully saturated rings. The molecule has 0 saturated heterocycles. The van der Waals surface area contributed by atoms with Crippen LogP contribution in [0.5, 0.6) is 0 Å². The smallest absolute Gasteiger partial charge is 0.333 e. The average Bonchev–Trinajstić information content (AvgIpc) is 2.86. The van der Waals surface area contributed by atoms with Gasteiger partial charge in [-0.1, -0.05) is 25.8 Å². The predicted molar refractivity (Wildman–Crippen MR) is 145 cm³/mol. The van der Waals surface area contributed by atoms with Gasteiger partial charge in [0, 0.05) is 42.5 Å². The molecule has 0 aliphatic carbocycles. The van der Waals surface area contributed by atoms with E-state index in [1.54, 1.807) is 13.0 Å². The number of esters is 3. The maximum atomic E-state index is 13.0. The summed E-state index contributed by atoms with van der Waals surface area (Å²) in [4.78, 5) is 73.5. The fourth-order valence-electron chi connectivity index (χ4n) is 3.08. The van der Waals surface area contributed by atoms with Crippen molar-refractivity contribution in [2.75, 3.05) is 26.4 Å². The molecule has 0 aliphatic heterocycles. The summed E-state index contributed by atoms with van der Waals surface area (Å²) < 4.78 is 15.1. The lowest BCUT2D eigenvalue weighted by molar-refractivity contribution is -0.146. The molecule has 0 aromatic carbocycles. The number of carbonyl (C=O) groups excluding carboxylic acids is 6. The second-order valence-electron chi connectivity index (χ2n) is 9.16. The van der Waals surface area contributed by atoms with Gasteiger partial charge in [0.05, 0.1) is 19.8 Å². The molecule has 2 amide bonds. The lowest BCUT2D eigenvalue weighted by Crippen LogP contribution is -2.38. The van der Waals surface area contributed by atoms with E-state index in [9.17, 15) is 28.8 Å². The molecule has 0 radical (unpaired) electrons. The van der Waals surface area contributed by atoms with Crippen LogP contribution in [0.15, 0.2) is 48.6 Å². The fraction of sp³-hybridized carbons (Fsp3) is 0.517. The van der Waals surface area contributed by atoms with Crippen molar-refractivity contribution in [1.29, 1.82) is 0 Å². The van der Waals surface area contributed by atoms with Gasteiger partial charge in [0.15, 0.2) is 5.78 Å². The number of ether oxygens (including phenoxy) is 3. The first-order chi connectivity index (χ1) is 18.3. The Morgan fingerprint density at radius 2 is 1.18 bits per heavy atom. The van der Waals surface area contributed by atoms with E-state index >= 15 is 0 Å². The van der Waals surface area contributed by atoms with Gasteiger partial charge in [-0.3, -0.25) is 19.3 Å². The molecule has 0 aromatic heterocycles. The van der Waals surface area contributed by atoms with Crippen LogP contribution in [0.2, 0.25) is 0 Å². The predicted octanol–water partition coefficient (Wildman–Crippen LogP) is 3.80. The van der Waals surface area contributed by atoms with Gasteiger partial charge >= 0.3 is 17.9 Å². The molecule has 1 atom stereocenters. The molecule has 39 heavy (non-hydrogen) atoms. The first kappa shape index (κ1) is 35.2. The molecule has 0 bridgehead atoms. The molecule has 0 aliphatic rings. The van der Waals surface area contributed by atoms with E-state index in [4.69, 9.17) is 14.2 Å². The van der Waals surface area contributed by atoms with Crippen LogP contribution in [0.4, 0.5) is 0 Å². The van der Waals surface area contributed by atoms with Crippen molar-refractivity contribution in [3.8, 4) is 0 Å². The summed E-state index contributed by atoms with van der Waals surface area (Å²) in [5, 5.41) is 0. The highest BCUT2D eigenvalue weighted by Crippen LogP contribution is 2.17. The number of unbranched alkanes of at least 4 members (excludes halogenated alkanes) is 1. The Morgan fingerprint density at radius 3 is 1.64 bits per heavy atom. The summed E-state index contributed by atoms with van der Waals surface area (Å²) in [6.07, 6.45) is 4.54. The Hall–Kier alpha value is -3.82. The molecule has 1 unspecified atom stereocenters. The standard InChI is InChI=1S/C29H41NO9/c1-20(2)27(34)37-16-10-8-9-14-25(32)24(13-11-17-38-28(35)21(3)4)19-26(33)30(23(7)31)15-12-18-39-29(36)22(5)6/h9,14,24H,1,3,5,8,10-13,15-19H2,2,4,6-7H3/b14-9+. The number of allylic oxidation sites excluding steroid dienone is 2. The minimum absolute atomic E-state index is 0.00359. The van der Waals surface area contributed by atoms with E-state index in [-0.39, 0.29) is 62.6 Å². The van der Waals surface area contributed by atoms with Crippen molar-refractivity contribution >= 4 is 35.5 Å². The largest absolute Gasteiger partial charge is 0.462 e. The van der Waals surface area contributed by atoms with Gasteiger partial charge in [-0.05, 0) is 59.0 Å². The molecule has 0 N–H and O–H groups in total. The van der Waals surface area contributed by atoms with E-state index in [0.717, 1.165) is 4.90 Å². The second kappa shape index (κ2) is 19.3. The number of hydrogen-bond acceptors (Lipinski definition) is 9. The topological polar surface area (TPSA) is 133 Å². The number of hydrogen-bond donors (Lipinski definition) is 0. The van der Waals surface area contributed by atoms with E-state index in [1.807, 2.05) is 0 Å². The second-order valence-corrected chi connectivity index (χ2v) is 9.16. The Bertz CT molecular complexity index is 977. The first-order valence-corrected chi connectivity index (χ1v) is 12.8. The molecule has 0 saturated carbocycles. The lowest BCUT2D eigenvalue weighted by atomic mass is 9.93. The van der Waals surface area contributed by atoms with Gasteiger partial charge in [-0.15, -0.1) is 0 Å². The van der Waals surface area contributed by atoms with Gasteiger partial charge in [-0.25, -0.2) is 14.4 Å². The Kier molecular flexibility index (Phi) is 17.4. The number of ketones is 1. The monoisotopic (exact) mass is 547 g/mol. The Morgan fingerprint density at radius 1 is 0.718 bits per heavy atom. The summed E-state index contributed by atoms with van der Waals surface area (Å²) in [6.45, 7) is 16.6. The third-order valence-electron chi connectivity index (χ3n) is 5.27. The molecule has 0 heterocycles. The van der Waals surface area contributed by atoms with E-state index in [0.29, 0.717) is 24.8 Å². The highest BCUT2D eigenvalue weighted by Gasteiger charge is 2.25. The maximum absolute atomic E-state index is 13.0. The van der Waals surface area contributed by atoms with Crippen LogP contribution in [0.3, 0.4) is 0 Å². The van der Waals surface area contributed by atoms with Crippen molar-refractivity contribution in [3.05, 3.63) is 48.6 Å². The van der Waals surface area contributed by atoms with Crippen LogP contribution in [-0.2, 0) is 43.0 Å². The zero-order valence-corrected chi connectivity index (χ0v) is 23.5. The Balaban J connectivity index is 5.14. The minimum atomic E-state index is -0.749. The number of amides is 2. The highest BCUT2D eigenvalue weighted by atomic mass is 16.5. The maximum Gasteiger partial charge on any atom is 0.333 e. The van der Waals surface area contributed by atoms with Crippen molar-refractivity contribution in [2.24, 2.45) is 5.92 Å². The van der Waals surface area contributed by atoms with Crippen LogP contribution in [0.25, 0.3) is 0 Å². The molecule has 0 spiro atoms. The zero-order chi connectivity index (χ0) is 30.0. The van der Waals surface area contributed by atoms with Crippen molar-refractivity contribution < 1.29 is 43.0 Å². The van der Waals surface area contributed by atoms with Gasteiger partial charge in [0.1, 0.15) is 0 Å². The third-order valence-corrected chi connectivity index (χ3v) is 5.27. The van der Waals surface area contributed by atoms with Crippen molar-refractivity contribution in [3.63, 3.8) is 0 Å². The highest BCUT2D eigenvalue weighted by molar-refractivity contribution is 5.98. The summed E-state index contributed by atoms with van der Waals surface area (Å²) >= 11 is 0. The van der Waals surface area contributed by atoms with Crippen LogP contribution in [0.1, 0.15) is 66.2 Å². The SMILES string of the molecule is C=C(C)C(=O)OCCC/C=C/C(=O)C(CCCOC(=O)C(=C)C)CC(=O)N(CCCOC(=O)C(=C)C)C(C)=O. The van der Waals surface area contributed by atoms with E-state index in [1.165, 1.54) is 26.8 Å². The van der Waals surface area contributed by atoms with Crippen LogP contribution >= 0.6 is 0 Å². The van der Waals surface area contributed by atoms with Gasteiger partial charge in [-0.2, -0.15) is 0 Å². The molecular weight excluding hydrogens is 506 g/mol. The number of rotatable bonds is 19. The van der Waals surface area contributed by atoms with E-state index in [2.05, 4.69) is 19.7 Å². The molecular formula is C29H41NO9. The third kappa shape index (κ3) is 15.9. The summed E-state index contributed by atoms with van der Waals surface area (Å²) in [7, 11) is 0. The minimum Gasteiger partial charge on any atom is -0.462 e. The molecule has 0 aromatic rings. The molecule has 10 nitrogen and oxygen atoms in total. The quantitative estimate of drug-likeness (QED) is 0.102. The fourth-order valence-corrected chi connectivity index (χ4v) is 3.08. The zero-order valence-electron chi connectivity index (χ0n) is 23.5. The van der Waals surface area contributed by atoms with Gasteiger partial charge in [0.2, 0.25) is 11.8 Å². The lowest BCUT2D eigenvalue weighted by Gasteiger charge is -2.22. The van der Waals surface area contributed by atoms with Gasteiger partial charge in [0.25, 0.3) is 0 Å². The summed E-state index contributed by atoms with van der Waals surface area (Å²) in [5.74, 6) is -3.68. The number of imide groups is 1. The Labute approximate surface area is 230 Å². The van der Waals surface area contributed by atoms with Crippen LogP contribution in [0, 0.1) is 5.92 Å². The summed E-state index contributed by atoms with van der Waals surface area (Å²) in [5.41, 5.74) is 0.793. The normalized spacial score (nSPS) is 11.3. The van der Waals surface area contributed by atoms with Crippen LogP contribution in [-0.4, -0.2) is 66.8 Å². The summed E-state index contributed by atoms with van der Waals surface area (Å²) in [6, 6.07) is 0.